The van der Waals surface area contributed by atoms with Gasteiger partial charge in [0.15, 0.2) is 0 Å². The topological polar surface area (TPSA) is 0 Å². The van der Waals surface area contributed by atoms with Crippen molar-refractivity contribution >= 4 is 12.6 Å². The van der Waals surface area contributed by atoms with Gasteiger partial charge in [0, 0.05) is 0 Å². The summed E-state index contributed by atoms with van der Waals surface area (Å²) in [7, 11) is 0. The van der Waals surface area contributed by atoms with E-state index in [1.807, 2.05) is 6.92 Å². The zero-order valence-corrected chi connectivity index (χ0v) is 5.83. The van der Waals surface area contributed by atoms with Gasteiger partial charge in [-0.25, -0.2) is 0 Å². The lowest BCUT2D eigenvalue weighted by Gasteiger charge is -1.84. The van der Waals surface area contributed by atoms with Gasteiger partial charge in [-0.05, 0) is 18.2 Å². The molecular weight excluding hydrogens is 104 g/mol. The molecule has 0 fully saturated rings. The van der Waals surface area contributed by atoms with Gasteiger partial charge >= 0.3 is 0 Å². The van der Waals surface area contributed by atoms with Crippen LogP contribution in [0.2, 0.25) is 0 Å². The molecule has 0 rings (SSSR count). The second-order valence-electron chi connectivity index (χ2n) is 1.63. The maximum absolute atomic E-state index is 4.09. The van der Waals surface area contributed by atoms with E-state index in [4.69, 9.17) is 0 Å². The summed E-state index contributed by atoms with van der Waals surface area (Å²) in [6.45, 7) is 4.16. The van der Waals surface area contributed by atoms with Gasteiger partial charge in [0.25, 0.3) is 0 Å². The molecular formula is C6H12S. The van der Waals surface area contributed by atoms with E-state index >= 15 is 0 Å². The summed E-state index contributed by atoms with van der Waals surface area (Å²) in [5, 5.41) is 0. The Morgan fingerprint density at radius 3 is 2.43 bits per heavy atom. The molecule has 0 unspecified atom stereocenters. The van der Waals surface area contributed by atoms with Crippen LogP contribution in [0.25, 0.3) is 0 Å². The molecule has 0 N–H and O–H groups in total. The maximum atomic E-state index is 4.09. The minimum absolute atomic E-state index is 1.13. The Balaban J connectivity index is 3.08. The summed E-state index contributed by atoms with van der Waals surface area (Å²) in [4.78, 5) is 1.13. The SMILES string of the molecule is CCC/C=C(\C)S. The number of rotatable bonds is 2. The van der Waals surface area contributed by atoms with Crippen LogP contribution in [0.3, 0.4) is 0 Å². The lowest BCUT2D eigenvalue weighted by atomic mass is 10.3. The normalized spacial score (nSPS) is 12.1. The molecule has 0 nitrogen and oxygen atoms in total. The summed E-state index contributed by atoms with van der Waals surface area (Å²) in [6, 6.07) is 0. The van der Waals surface area contributed by atoms with Crippen molar-refractivity contribution in [3.8, 4) is 0 Å². The smallest absolute Gasteiger partial charge is 0.0255 e. The van der Waals surface area contributed by atoms with Crippen LogP contribution >= 0.6 is 12.6 Å². The molecule has 0 saturated heterocycles. The number of unbranched alkanes of at least 4 members (excludes halogenated alkanes) is 1. The molecule has 0 saturated carbocycles. The number of hydrogen-bond donors (Lipinski definition) is 1. The second-order valence-corrected chi connectivity index (χ2v) is 2.34. The van der Waals surface area contributed by atoms with E-state index in [0.717, 1.165) is 11.3 Å². The highest BCUT2D eigenvalue weighted by molar-refractivity contribution is 7.84. The molecule has 1 heteroatoms. The van der Waals surface area contributed by atoms with Crippen LogP contribution in [-0.4, -0.2) is 0 Å². The molecule has 0 aromatic carbocycles. The Morgan fingerprint density at radius 2 is 2.29 bits per heavy atom. The maximum Gasteiger partial charge on any atom is -0.0255 e. The number of allylic oxidation sites excluding steroid dienone is 2. The lowest BCUT2D eigenvalue weighted by molar-refractivity contribution is 0.956. The summed E-state index contributed by atoms with van der Waals surface area (Å²) in [5.74, 6) is 0. The lowest BCUT2D eigenvalue weighted by Crippen LogP contribution is -1.61. The molecule has 42 valence electrons. The van der Waals surface area contributed by atoms with E-state index in [-0.39, 0.29) is 0 Å². The molecule has 0 aromatic rings. The first-order chi connectivity index (χ1) is 3.27. The largest absolute Gasteiger partial charge is 0.149 e. The van der Waals surface area contributed by atoms with E-state index in [1.54, 1.807) is 0 Å². The van der Waals surface area contributed by atoms with Gasteiger partial charge in [0.2, 0.25) is 0 Å². The third kappa shape index (κ3) is 6.09. The highest BCUT2D eigenvalue weighted by Crippen LogP contribution is 1.99. The summed E-state index contributed by atoms with van der Waals surface area (Å²) in [6.07, 6.45) is 4.51. The molecule has 0 heterocycles. The predicted octanol–water partition coefficient (Wildman–Crippen LogP) is 2.62. The molecule has 0 amide bonds. The van der Waals surface area contributed by atoms with Crippen LogP contribution in [0.4, 0.5) is 0 Å². The van der Waals surface area contributed by atoms with Crippen molar-refractivity contribution in [3.05, 3.63) is 11.0 Å². The van der Waals surface area contributed by atoms with Crippen molar-refractivity contribution in [2.24, 2.45) is 0 Å². The highest BCUT2D eigenvalue weighted by atomic mass is 32.1. The van der Waals surface area contributed by atoms with Gasteiger partial charge in [-0.2, -0.15) is 0 Å². The number of thiol groups is 1. The van der Waals surface area contributed by atoms with Crippen LogP contribution in [0.5, 0.6) is 0 Å². The van der Waals surface area contributed by atoms with Crippen molar-refractivity contribution in [3.63, 3.8) is 0 Å². The molecule has 0 atom stereocenters. The Bertz CT molecular complexity index is 60.6. The molecule has 0 radical (unpaired) electrons. The van der Waals surface area contributed by atoms with Crippen LogP contribution < -0.4 is 0 Å². The van der Waals surface area contributed by atoms with Crippen LogP contribution in [0.1, 0.15) is 26.7 Å². The molecule has 0 aliphatic heterocycles. The Morgan fingerprint density at radius 1 is 1.71 bits per heavy atom. The average Bonchev–Trinajstić information content (AvgIpc) is 1.61. The van der Waals surface area contributed by atoms with Crippen molar-refractivity contribution in [1.29, 1.82) is 0 Å². The Kier molecular flexibility index (Phi) is 4.31. The fourth-order valence-corrected chi connectivity index (χ4v) is 0.482. The zero-order chi connectivity index (χ0) is 5.70. The minimum Gasteiger partial charge on any atom is -0.149 e. The van der Waals surface area contributed by atoms with Gasteiger partial charge in [0.05, 0.1) is 0 Å². The predicted molar refractivity (Wildman–Crippen MR) is 37.7 cm³/mol. The van der Waals surface area contributed by atoms with E-state index in [1.165, 1.54) is 6.42 Å². The van der Waals surface area contributed by atoms with Gasteiger partial charge in [-0.3, -0.25) is 0 Å². The molecule has 0 spiro atoms. The molecule has 7 heavy (non-hydrogen) atoms. The highest BCUT2D eigenvalue weighted by Gasteiger charge is 1.74. The van der Waals surface area contributed by atoms with E-state index in [2.05, 4.69) is 25.6 Å². The molecule has 0 aromatic heterocycles. The molecule has 0 bridgehead atoms. The van der Waals surface area contributed by atoms with Crippen molar-refractivity contribution in [2.75, 3.05) is 0 Å². The van der Waals surface area contributed by atoms with Crippen molar-refractivity contribution in [2.45, 2.75) is 26.7 Å². The van der Waals surface area contributed by atoms with Crippen LogP contribution in [0, 0.1) is 0 Å². The first-order valence-corrected chi connectivity index (χ1v) is 3.07. The van der Waals surface area contributed by atoms with E-state index < -0.39 is 0 Å². The quantitative estimate of drug-likeness (QED) is 0.527. The van der Waals surface area contributed by atoms with Gasteiger partial charge in [-0.1, -0.05) is 19.4 Å². The molecule has 0 aliphatic rings. The first kappa shape index (κ1) is 7.09. The van der Waals surface area contributed by atoms with E-state index in [9.17, 15) is 0 Å². The summed E-state index contributed by atoms with van der Waals surface area (Å²) in [5.41, 5.74) is 0. The van der Waals surface area contributed by atoms with Gasteiger partial charge < -0.3 is 0 Å². The standard InChI is InChI=1S/C6H12S/c1-3-4-5-6(2)7/h5,7H,3-4H2,1-2H3/b6-5+. The zero-order valence-electron chi connectivity index (χ0n) is 4.94. The second kappa shape index (κ2) is 4.25. The first-order valence-electron chi connectivity index (χ1n) is 2.63. The fourth-order valence-electron chi connectivity index (χ4n) is 0.353. The van der Waals surface area contributed by atoms with Crippen molar-refractivity contribution < 1.29 is 0 Å². The van der Waals surface area contributed by atoms with Gasteiger partial charge in [-0.15, -0.1) is 12.6 Å². The Hall–Kier alpha value is 0.0900. The molecule has 0 aliphatic carbocycles. The monoisotopic (exact) mass is 116 g/mol. The van der Waals surface area contributed by atoms with Crippen LogP contribution in [0.15, 0.2) is 11.0 Å². The number of hydrogen-bond acceptors (Lipinski definition) is 1. The fraction of sp³-hybridized carbons (Fsp3) is 0.667. The Labute approximate surface area is 51.0 Å². The van der Waals surface area contributed by atoms with Crippen molar-refractivity contribution in [1.82, 2.24) is 0 Å². The van der Waals surface area contributed by atoms with E-state index in [0.29, 0.717) is 0 Å². The summed E-state index contributed by atoms with van der Waals surface area (Å²) < 4.78 is 0. The van der Waals surface area contributed by atoms with Gasteiger partial charge in [0.1, 0.15) is 0 Å². The minimum atomic E-state index is 1.13. The third-order valence-electron chi connectivity index (χ3n) is 0.728. The average molecular weight is 116 g/mol. The third-order valence-corrected chi connectivity index (χ3v) is 0.911. The van der Waals surface area contributed by atoms with Crippen LogP contribution in [-0.2, 0) is 0 Å². The summed E-state index contributed by atoms with van der Waals surface area (Å²) >= 11 is 4.09.